The maximum Gasteiger partial charge on any atom is 0.466 e. The molecule has 34 heavy (non-hydrogen) atoms. The Balaban J connectivity index is -0.000000490. The van der Waals surface area contributed by atoms with Crippen LogP contribution in [0.2, 0.25) is 0 Å². The minimum absolute atomic E-state index is 0.404. The van der Waals surface area contributed by atoms with Crippen molar-refractivity contribution in [3.05, 3.63) is 0 Å². The first kappa shape index (κ1) is 38.5. The number of phosphoric acid groups is 1. The largest absolute Gasteiger partial charge is 0.466 e. The Labute approximate surface area is 211 Å². The zero-order chi connectivity index (χ0) is 26.7. The Morgan fingerprint density at radius 1 is 0.676 bits per heavy atom. The van der Waals surface area contributed by atoms with Crippen LogP contribution in [0.15, 0.2) is 0 Å². The first-order valence-electron chi connectivity index (χ1n) is 13.8. The van der Waals surface area contributed by atoms with Crippen LogP contribution in [0.5, 0.6) is 0 Å². The number of aliphatic hydroxyl groups is 2. The molecule has 0 saturated carbocycles. The zero-order valence-electron chi connectivity index (χ0n) is 22.9. The van der Waals surface area contributed by atoms with Gasteiger partial charge in [0.1, 0.15) is 0 Å². The van der Waals surface area contributed by atoms with Crippen molar-refractivity contribution in [2.24, 2.45) is 11.7 Å². The first-order chi connectivity index (χ1) is 16.0. The normalized spacial score (nSPS) is 12.4. The highest BCUT2D eigenvalue weighted by atomic mass is 31.2. The van der Waals surface area contributed by atoms with Crippen molar-refractivity contribution in [2.45, 2.75) is 149 Å². The average molecular weight is 514 g/mol. The molecule has 7 nitrogen and oxygen atoms in total. The van der Waals surface area contributed by atoms with E-state index in [1.807, 2.05) is 0 Å². The van der Waals surface area contributed by atoms with Crippen molar-refractivity contribution in [3.8, 4) is 0 Å². The molecular weight excluding hydrogens is 453 g/mol. The molecule has 0 spiro atoms. The average Bonchev–Trinajstić information content (AvgIpc) is 2.79. The molecule has 0 bridgehead atoms. The van der Waals surface area contributed by atoms with E-state index < -0.39 is 13.4 Å². The van der Waals surface area contributed by atoms with Gasteiger partial charge in [0, 0.05) is 13.2 Å². The van der Waals surface area contributed by atoms with Crippen LogP contribution in [-0.4, -0.2) is 43.6 Å². The summed E-state index contributed by atoms with van der Waals surface area (Å²) in [7, 11) is -4.64. The molecule has 0 saturated heterocycles. The number of aliphatic hydroxyl groups excluding tert-OH is 1. The molecule has 0 radical (unpaired) electrons. The predicted octanol–water partition coefficient (Wildman–Crippen LogP) is 6.44. The predicted molar refractivity (Wildman–Crippen MR) is 145 cm³/mol. The summed E-state index contributed by atoms with van der Waals surface area (Å²) in [6.45, 7) is 9.60. The molecule has 0 rings (SSSR count). The lowest BCUT2D eigenvalue weighted by molar-refractivity contribution is 0.0273. The molecule has 8 heteroatoms. The van der Waals surface area contributed by atoms with E-state index in [0.717, 1.165) is 38.5 Å². The van der Waals surface area contributed by atoms with Crippen molar-refractivity contribution in [1.29, 1.82) is 0 Å². The van der Waals surface area contributed by atoms with Gasteiger partial charge in [-0.05, 0) is 31.6 Å². The van der Waals surface area contributed by atoms with Gasteiger partial charge >= 0.3 is 7.82 Å². The van der Waals surface area contributed by atoms with Gasteiger partial charge in [-0.15, -0.1) is 0 Å². The lowest BCUT2D eigenvalue weighted by Gasteiger charge is -2.26. The SMILES string of the molecule is CCCCC(O)(CN)CCCC.CCCCCCCCC(CO)CCCCCC.O=P(O)(O)O. The third-order valence-corrected chi connectivity index (χ3v) is 6.06. The number of unbranched alkanes of at least 4 members (excludes halogenated alkanes) is 10. The summed E-state index contributed by atoms with van der Waals surface area (Å²) in [6, 6.07) is 0. The van der Waals surface area contributed by atoms with Gasteiger partial charge in [0.25, 0.3) is 0 Å². The third kappa shape index (κ3) is 36.6. The Hall–Kier alpha value is -0.0100. The molecule has 1 atom stereocenters. The molecule has 1 unspecified atom stereocenters. The highest BCUT2D eigenvalue weighted by molar-refractivity contribution is 7.45. The monoisotopic (exact) mass is 513 g/mol. The summed E-state index contributed by atoms with van der Waals surface area (Å²) in [5.74, 6) is 0.582. The van der Waals surface area contributed by atoms with E-state index in [-0.39, 0.29) is 0 Å². The van der Waals surface area contributed by atoms with Crippen LogP contribution < -0.4 is 5.73 Å². The van der Waals surface area contributed by atoms with E-state index in [1.54, 1.807) is 0 Å². The van der Waals surface area contributed by atoms with E-state index >= 15 is 0 Å². The van der Waals surface area contributed by atoms with Crippen molar-refractivity contribution in [3.63, 3.8) is 0 Å². The number of hydrogen-bond acceptors (Lipinski definition) is 4. The van der Waals surface area contributed by atoms with Gasteiger partial charge in [0.05, 0.1) is 5.60 Å². The molecule has 0 aromatic heterocycles. The van der Waals surface area contributed by atoms with E-state index in [2.05, 4.69) is 27.7 Å². The fraction of sp³-hybridized carbons (Fsp3) is 1.00. The summed E-state index contributed by atoms with van der Waals surface area (Å²) < 4.78 is 8.88. The maximum atomic E-state index is 9.96. The quantitative estimate of drug-likeness (QED) is 0.0811. The van der Waals surface area contributed by atoms with Gasteiger partial charge in [0.2, 0.25) is 0 Å². The number of rotatable bonds is 20. The van der Waals surface area contributed by atoms with Gasteiger partial charge < -0.3 is 30.6 Å². The van der Waals surface area contributed by atoms with Crippen LogP contribution in [0.1, 0.15) is 143 Å². The van der Waals surface area contributed by atoms with Crippen LogP contribution in [0.25, 0.3) is 0 Å². The maximum absolute atomic E-state index is 9.96. The van der Waals surface area contributed by atoms with Crippen LogP contribution >= 0.6 is 7.82 Å². The second-order valence-electron chi connectivity index (χ2n) is 9.60. The molecule has 0 aromatic carbocycles. The van der Waals surface area contributed by atoms with Crippen LogP contribution in [0.4, 0.5) is 0 Å². The molecule has 0 aliphatic rings. The van der Waals surface area contributed by atoms with Crippen molar-refractivity contribution >= 4 is 7.82 Å². The van der Waals surface area contributed by atoms with Gasteiger partial charge in [-0.1, -0.05) is 118 Å². The highest BCUT2D eigenvalue weighted by Crippen LogP contribution is 2.25. The third-order valence-electron chi connectivity index (χ3n) is 6.06. The van der Waals surface area contributed by atoms with E-state index in [1.165, 1.54) is 77.0 Å². The van der Waals surface area contributed by atoms with Crippen LogP contribution in [0, 0.1) is 5.92 Å². The van der Waals surface area contributed by atoms with Crippen LogP contribution in [-0.2, 0) is 4.57 Å². The van der Waals surface area contributed by atoms with Gasteiger partial charge in [-0.25, -0.2) is 4.57 Å². The molecule has 0 aromatic rings. The summed E-state index contributed by atoms with van der Waals surface area (Å²) in [5, 5.41) is 19.3. The number of hydrogen-bond donors (Lipinski definition) is 6. The van der Waals surface area contributed by atoms with Gasteiger partial charge in [-0.2, -0.15) is 0 Å². The zero-order valence-corrected chi connectivity index (χ0v) is 23.8. The number of nitrogens with two attached hydrogens (primary N) is 1. The standard InChI is InChI=1S/C16H34O.C10H23NO.H3O4P/c1-3-5-7-9-10-12-14-16(15-17)13-11-8-6-4-2;1-3-5-7-10(12,9-11)8-6-4-2;1-5(2,3)4/h16-17H,3-15H2,1-2H3;12H,3-9,11H2,1-2H3;(H3,1,2,3,4). The topological polar surface area (TPSA) is 144 Å². The highest BCUT2D eigenvalue weighted by Gasteiger charge is 2.22. The minimum atomic E-state index is -4.64. The smallest absolute Gasteiger partial charge is 0.396 e. The second kappa shape index (κ2) is 27.6. The molecule has 0 fully saturated rings. The summed E-state index contributed by atoms with van der Waals surface area (Å²) in [5.41, 5.74) is 4.96. The fourth-order valence-electron chi connectivity index (χ4n) is 3.74. The lowest BCUT2D eigenvalue weighted by Crippen LogP contribution is -2.37. The summed E-state index contributed by atoms with van der Waals surface area (Å²) >= 11 is 0. The van der Waals surface area contributed by atoms with Gasteiger partial charge in [0.15, 0.2) is 0 Å². The second-order valence-corrected chi connectivity index (χ2v) is 10.6. The van der Waals surface area contributed by atoms with Gasteiger partial charge in [-0.3, -0.25) is 0 Å². The lowest BCUT2D eigenvalue weighted by atomic mass is 9.91. The van der Waals surface area contributed by atoms with E-state index in [0.29, 0.717) is 19.1 Å². The molecule has 7 N–H and O–H groups in total. The summed E-state index contributed by atoms with van der Waals surface area (Å²) in [4.78, 5) is 21.6. The molecule has 210 valence electrons. The Kier molecular flexibility index (Phi) is 31.2. The molecule has 0 aliphatic carbocycles. The van der Waals surface area contributed by atoms with Crippen molar-refractivity contribution in [2.75, 3.05) is 13.2 Å². The molecule has 0 heterocycles. The Bertz CT molecular complexity index is 417. The van der Waals surface area contributed by atoms with E-state index in [4.69, 9.17) is 25.0 Å². The minimum Gasteiger partial charge on any atom is -0.396 e. The Morgan fingerprint density at radius 3 is 1.32 bits per heavy atom. The first-order valence-corrected chi connectivity index (χ1v) is 15.4. The molecule has 0 aliphatic heterocycles. The Morgan fingerprint density at radius 2 is 1.00 bits per heavy atom. The van der Waals surface area contributed by atoms with Crippen LogP contribution in [0.3, 0.4) is 0 Å². The van der Waals surface area contributed by atoms with Crippen molar-refractivity contribution in [1.82, 2.24) is 0 Å². The van der Waals surface area contributed by atoms with E-state index in [9.17, 15) is 10.2 Å². The fourth-order valence-corrected chi connectivity index (χ4v) is 3.74. The molecule has 0 amide bonds. The van der Waals surface area contributed by atoms with Crippen molar-refractivity contribution < 1.29 is 29.5 Å². The molecular formula is C26H60NO6P. The summed E-state index contributed by atoms with van der Waals surface area (Å²) in [6.07, 6.45) is 22.2.